The van der Waals surface area contributed by atoms with Gasteiger partial charge in [-0.05, 0) is 51.9 Å². The number of nitrogens with one attached hydrogen (secondary N) is 1. The van der Waals surface area contributed by atoms with Gasteiger partial charge in [0.2, 0.25) is 11.8 Å². The lowest BCUT2D eigenvalue weighted by atomic mass is 9.80. The summed E-state index contributed by atoms with van der Waals surface area (Å²) in [7, 11) is 0. The van der Waals surface area contributed by atoms with Crippen LogP contribution in [0.25, 0.3) is 0 Å². The third-order valence-electron chi connectivity index (χ3n) is 8.98. The first kappa shape index (κ1) is 29.9. The van der Waals surface area contributed by atoms with Crippen molar-refractivity contribution in [1.29, 1.82) is 0 Å². The van der Waals surface area contributed by atoms with E-state index in [1.165, 1.54) is 43.4 Å². The number of nitrogens with zero attached hydrogens (tertiary/aromatic N) is 4. The first-order chi connectivity index (χ1) is 17.2. The monoisotopic (exact) mass is 537 g/mol. The van der Waals surface area contributed by atoms with Gasteiger partial charge in [0, 0.05) is 37.4 Å². The Morgan fingerprint density at radius 2 is 1.76 bits per heavy atom. The highest BCUT2D eigenvalue weighted by Gasteiger charge is 2.54. The maximum Gasteiger partial charge on any atom is 0.248 e. The summed E-state index contributed by atoms with van der Waals surface area (Å²) < 4.78 is 2.27. The highest BCUT2D eigenvalue weighted by Crippen LogP contribution is 2.36. The Kier molecular flexibility index (Phi) is 10.1. The number of carbonyl (C=O) groups is 2. The largest absolute Gasteiger partial charge is 0.390 e. The molecular formula is C28H48ClN5O3. The average molecular weight is 538 g/mol. The van der Waals surface area contributed by atoms with E-state index < -0.39 is 17.7 Å². The summed E-state index contributed by atoms with van der Waals surface area (Å²) in [5.74, 6) is -0.331. The van der Waals surface area contributed by atoms with Gasteiger partial charge < -0.3 is 15.3 Å². The van der Waals surface area contributed by atoms with Gasteiger partial charge in [-0.25, -0.2) is 0 Å². The van der Waals surface area contributed by atoms with Crippen molar-refractivity contribution in [2.45, 2.75) is 123 Å². The molecule has 210 valence electrons. The number of piperidine rings is 1. The van der Waals surface area contributed by atoms with Crippen molar-refractivity contribution in [3.8, 4) is 0 Å². The highest BCUT2D eigenvalue weighted by atomic mass is 35.5. The molecule has 3 fully saturated rings. The molecule has 2 amide bonds. The van der Waals surface area contributed by atoms with Crippen molar-refractivity contribution < 1.29 is 14.7 Å². The fraction of sp³-hybridized carbons (Fsp3) is 0.821. The summed E-state index contributed by atoms with van der Waals surface area (Å²) in [5.41, 5.74) is 2.88. The SMILES string of the molecule is CCCCN1C(=O)[C@@H]([C@H](O)C(C)C)NC(=O)C12CCN(Cc1c(C)nn(C3CCCCC3)c1C)CC2.Cl. The van der Waals surface area contributed by atoms with E-state index in [4.69, 9.17) is 5.10 Å². The lowest BCUT2D eigenvalue weighted by Crippen LogP contribution is -2.74. The molecule has 2 N–H and O–H groups in total. The first-order valence-corrected chi connectivity index (χ1v) is 14.3. The number of likely N-dealkylation sites (tertiary alicyclic amines) is 1. The van der Waals surface area contributed by atoms with Crippen LogP contribution in [-0.4, -0.2) is 73.8 Å². The lowest BCUT2D eigenvalue weighted by molar-refractivity contribution is -0.165. The maximum atomic E-state index is 13.5. The Bertz CT molecular complexity index is 934. The molecule has 2 saturated heterocycles. The van der Waals surface area contributed by atoms with E-state index >= 15 is 0 Å². The third kappa shape index (κ3) is 5.86. The molecule has 9 heteroatoms. The minimum Gasteiger partial charge on any atom is -0.390 e. The summed E-state index contributed by atoms with van der Waals surface area (Å²) in [6.07, 6.45) is 8.51. The predicted molar refractivity (Wildman–Crippen MR) is 148 cm³/mol. The molecule has 2 aliphatic heterocycles. The Hall–Kier alpha value is -1.64. The normalized spacial score (nSPS) is 23.9. The number of aromatic nitrogens is 2. The van der Waals surface area contributed by atoms with E-state index in [-0.39, 0.29) is 30.1 Å². The second-order valence-electron chi connectivity index (χ2n) is 11.7. The molecule has 3 aliphatic rings. The van der Waals surface area contributed by atoms with Crippen LogP contribution >= 0.6 is 12.4 Å². The van der Waals surface area contributed by atoms with E-state index in [2.05, 4.69) is 35.7 Å². The second kappa shape index (κ2) is 12.5. The van der Waals surface area contributed by atoms with E-state index in [0.29, 0.717) is 25.4 Å². The number of hydrogen-bond acceptors (Lipinski definition) is 5. The molecule has 2 atom stereocenters. The van der Waals surface area contributed by atoms with Crippen molar-refractivity contribution >= 4 is 24.2 Å². The number of aryl methyl sites for hydroxylation is 1. The van der Waals surface area contributed by atoms with Gasteiger partial charge in [-0.2, -0.15) is 5.10 Å². The molecular weight excluding hydrogens is 490 g/mol. The van der Waals surface area contributed by atoms with Crippen molar-refractivity contribution in [2.24, 2.45) is 5.92 Å². The zero-order chi connectivity index (χ0) is 26.0. The van der Waals surface area contributed by atoms with Crippen molar-refractivity contribution in [2.75, 3.05) is 19.6 Å². The number of unbranched alkanes of at least 4 members (excludes halogenated alkanes) is 1. The van der Waals surface area contributed by atoms with Gasteiger partial charge in [-0.3, -0.25) is 19.2 Å². The quantitative estimate of drug-likeness (QED) is 0.525. The van der Waals surface area contributed by atoms with Crippen LogP contribution in [0, 0.1) is 19.8 Å². The Morgan fingerprint density at radius 1 is 1.11 bits per heavy atom. The van der Waals surface area contributed by atoms with Crippen molar-refractivity contribution in [3.05, 3.63) is 17.0 Å². The molecule has 1 aliphatic carbocycles. The zero-order valence-electron chi connectivity index (χ0n) is 23.5. The molecule has 0 radical (unpaired) electrons. The van der Waals surface area contributed by atoms with E-state index in [0.717, 1.165) is 38.2 Å². The minimum absolute atomic E-state index is 0. The van der Waals surface area contributed by atoms with Gasteiger partial charge in [0.1, 0.15) is 11.6 Å². The van der Waals surface area contributed by atoms with E-state index in [1.807, 2.05) is 18.7 Å². The minimum atomic E-state index is -0.880. The topological polar surface area (TPSA) is 90.7 Å². The van der Waals surface area contributed by atoms with Crippen LogP contribution < -0.4 is 5.32 Å². The molecule has 8 nitrogen and oxygen atoms in total. The second-order valence-corrected chi connectivity index (χ2v) is 11.7. The molecule has 0 unspecified atom stereocenters. The number of carbonyl (C=O) groups excluding carboxylic acids is 2. The summed E-state index contributed by atoms with van der Waals surface area (Å²) in [6.45, 7) is 13.1. The fourth-order valence-electron chi connectivity index (χ4n) is 6.50. The van der Waals surface area contributed by atoms with Crippen LogP contribution in [0.4, 0.5) is 0 Å². The first-order valence-electron chi connectivity index (χ1n) is 14.3. The Morgan fingerprint density at radius 3 is 2.35 bits per heavy atom. The smallest absolute Gasteiger partial charge is 0.248 e. The van der Waals surface area contributed by atoms with Crippen LogP contribution in [0.15, 0.2) is 0 Å². The van der Waals surface area contributed by atoms with E-state index in [1.54, 1.807) is 0 Å². The van der Waals surface area contributed by atoms with E-state index in [9.17, 15) is 14.7 Å². The summed E-state index contributed by atoms with van der Waals surface area (Å²) in [4.78, 5) is 31.3. The molecule has 0 aromatic carbocycles. The summed E-state index contributed by atoms with van der Waals surface area (Å²) in [5, 5.41) is 18.5. The Balaban J connectivity index is 0.00000380. The van der Waals surface area contributed by atoms with Crippen LogP contribution in [0.1, 0.15) is 102 Å². The molecule has 1 aromatic rings. The number of halogens is 1. The Labute approximate surface area is 228 Å². The molecule has 3 heterocycles. The van der Waals surface area contributed by atoms with Gasteiger partial charge in [-0.1, -0.05) is 46.5 Å². The number of amides is 2. The lowest BCUT2D eigenvalue weighted by Gasteiger charge is -2.52. The number of aliphatic hydroxyl groups excluding tert-OH is 1. The highest BCUT2D eigenvalue weighted by molar-refractivity contribution is 6.00. The van der Waals surface area contributed by atoms with Gasteiger partial charge in [0.05, 0.1) is 17.8 Å². The van der Waals surface area contributed by atoms with Gasteiger partial charge in [0.15, 0.2) is 0 Å². The van der Waals surface area contributed by atoms with Gasteiger partial charge in [-0.15, -0.1) is 12.4 Å². The van der Waals surface area contributed by atoms with Crippen LogP contribution in [0.5, 0.6) is 0 Å². The van der Waals surface area contributed by atoms with Crippen molar-refractivity contribution in [3.63, 3.8) is 0 Å². The van der Waals surface area contributed by atoms with Crippen LogP contribution in [0.2, 0.25) is 0 Å². The third-order valence-corrected chi connectivity index (χ3v) is 8.98. The molecule has 4 rings (SSSR count). The maximum absolute atomic E-state index is 13.5. The standard InChI is InChI=1S/C28H47N5O3.ClH/c1-6-7-15-32-26(35)24(25(34)19(2)3)29-27(36)28(32)13-16-31(17-14-28)18-23-20(4)30-33(21(23)5)22-11-9-8-10-12-22;/h19,22,24-25,34H,6-18H2,1-5H3,(H,29,36);1H/t24-,25-;/m1./s1. The van der Waals surface area contributed by atoms with Gasteiger partial charge in [0.25, 0.3) is 0 Å². The molecule has 1 aromatic heterocycles. The van der Waals surface area contributed by atoms with Crippen LogP contribution in [-0.2, 0) is 16.1 Å². The molecule has 0 bridgehead atoms. The fourth-order valence-corrected chi connectivity index (χ4v) is 6.50. The number of hydrogen-bond donors (Lipinski definition) is 2. The van der Waals surface area contributed by atoms with Crippen molar-refractivity contribution in [1.82, 2.24) is 24.9 Å². The molecule has 37 heavy (non-hydrogen) atoms. The average Bonchev–Trinajstić information content (AvgIpc) is 3.15. The van der Waals surface area contributed by atoms with Crippen LogP contribution in [0.3, 0.4) is 0 Å². The number of aliphatic hydroxyl groups is 1. The van der Waals surface area contributed by atoms with Gasteiger partial charge >= 0.3 is 0 Å². The summed E-state index contributed by atoms with van der Waals surface area (Å²) in [6, 6.07) is -0.331. The zero-order valence-corrected chi connectivity index (χ0v) is 24.3. The molecule has 1 saturated carbocycles. The summed E-state index contributed by atoms with van der Waals surface area (Å²) >= 11 is 0. The predicted octanol–water partition coefficient (Wildman–Crippen LogP) is 3.91. The number of piperazine rings is 1. The number of rotatable bonds is 8. The molecule has 1 spiro atoms.